The van der Waals surface area contributed by atoms with E-state index in [1.807, 2.05) is 0 Å². The lowest BCUT2D eigenvalue weighted by molar-refractivity contribution is -0.107. The van der Waals surface area contributed by atoms with Gasteiger partial charge in [-0.15, -0.1) is 0 Å². The van der Waals surface area contributed by atoms with E-state index in [2.05, 4.69) is 0 Å². The Kier molecular flexibility index (Phi) is 6.32. The van der Waals surface area contributed by atoms with Crippen LogP contribution in [0.15, 0.2) is 30.3 Å². The fraction of sp³-hybridized carbons (Fsp3) is 0.111. The van der Waals surface area contributed by atoms with Crippen LogP contribution in [-0.4, -0.2) is 21.2 Å². The van der Waals surface area contributed by atoms with Gasteiger partial charge in [0.05, 0.1) is 5.56 Å². The van der Waals surface area contributed by atoms with E-state index in [-0.39, 0.29) is 6.29 Å². The Morgan fingerprint density at radius 2 is 1.60 bits per heavy atom. The van der Waals surface area contributed by atoms with E-state index in [0.717, 1.165) is 0 Å². The molecule has 0 saturated carbocycles. The lowest BCUT2D eigenvalue weighted by atomic mass is 10.2. The number of carboxylic acids is 1. The first-order chi connectivity index (χ1) is 6.87. The van der Waals surface area contributed by atoms with Gasteiger partial charge in [-0.2, -0.15) is 0 Å². The average Bonchev–Trinajstić information content (AvgIpc) is 2.19. The third-order valence-corrected chi connectivity index (χ3v) is 1.42. The maximum absolute atomic E-state index is 10.2. The Morgan fingerprint density at radius 3 is 1.80 bits per heavy atom. The summed E-state index contributed by atoms with van der Waals surface area (Å²) in [6, 6.07) is 8.30. The number of carboxylic acid groups (broad SMARTS) is 1. The second kappa shape index (κ2) is 6.67. The van der Waals surface area contributed by atoms with Gasteiger partial charge in [0.15, 0.2) is 6.29 Å². The van der Waals surface area contributed by atoms with E-state index < -0.39 is 9.76 Å². The first kappa shape index (κ1) is 14.2. The maximum Gasteiger partial charge on any atom is 0.335 e. The number of carbonyl (C=O) groups excluding carboxylic acids is 1. The second-order valence-electron chi connectivity index (χ2n) is 2.33. The first-order valence-electron chi connectivity index (χ1n) is 3.68. The summed E-state index contributed by atoms with van der Waals surface area (Å²) in [5.41, 5.74) is 0.331. The van der Waals surface area contributed by atoms with Crippen LogP contribution >= 0.6 is 34.8 Å². The second-order valence-corrected chi connectivity index (χ2v) is 4.70. The molecule has 0 radical (unpaired) electrons. The molecule has 0 amide bonds. The molecule has 82 valence electrons. The number of alkyl halides is 3. The predicted octanol–water partition coefficient (Wildman–Crippen LogP) is 2.94. The zero-order valence-electron chi connectivity index (χ0n) is 7.36. The largest absolute Gasteiger partial charge is 0.478 e. The molecule has 15 heavy (non-hydrogen) atoms. The van der Waals surface area contributed by atoms with Gasteiger partial charge in [-0.25, -0.2) is 4.79 Å². The van der Waals surface area contributed by atoms with Gasteiger partial charge in [0.2, 0.25) is 3.79 Å². The van der Waals surface area contributed by atoms with Crippen molar-refractivity contribution in [2.75, 3.05) is 0 Å². The van der Waals surface area contributed by atoms with Gasteiger partial charge in [0, 0.05) is 0 Å². The van der Waals surface area contributed by atoms with E-state index in [1.165, 1.54) is 0 Å². The highest BCUT2D eigenvalue weighted by atomic mass is 35.6. The number of rotatable bonds is 1. The van der Waals surface area contributed by atoms with Gasteiger partial charge < -0.3 is 5.11 Å². The molecule has 1 N–H and O–H groups in total. The minimum Gasteiger partial charge on any atom is -0.478 e. The van der Waals surface area contributed by atoms with Crippen LogP contribution in [0.3, 0.4) is 0 Å². The first-order valence-corrected chi connectivity index (χ1v) is 4.81. The van der Waals surface area contributed by atoms with Crippen molar-refractivity contribution in [1.82, 2.24) is 0 Å². The standard InChI is InChI=1S/C7H6O2.C2HCl3O/c8-7(9)6-4-2-1-3-5-6;3-2(4,5)1-6/h1-5H,(H,8,9);1H. The summed E-state index contributed by atoms with van der Waals surface area (Å²) in [7, 11) is 0. The Bertz CT molecular complexity index is 319. The Morgan fingerprint density at radius 1 is 1.20 bits per heavy atom. The fourth-order valence-electron chi connectivity index (χ4n) is 0.581. The third-order valence-electron chi connectivity index (χ3n) is 1.15. The zero-order valence-corrected chi connectivity index (χ0v) is 9.63. The smallest absolute Gasteiger partial charge is 0.335 e. The summed E-state index contributed by atoms with van der Waals surface area (Å²) in [5.74, 6) is -0.879. The molecule has 0 aliphatic carbocycles. The molecular formula is C9H7Cl3O3. The van der Waals surface area contributed by atoms with Crippen molar-refractivity contribution in [2.24, 2.45) is 0 Å². The topological polar surface area (TPSA) is 54.4 Å². The van der Waals surface area contributed by atoms with Gasteiger partial charge in [0.1, 0.15) is 0 Å². The molecule has 0 aliphatic heterocycles. The zero-order chi connectivity index (χ0) is 11.9. The highest BCUT2D eigenvalue weighted by Crippen LogP contribution is 2.21. The molecule has 0 aromatic heterocycles. The Labute approximate surface area is 102 Å². The normalized spacial score (nSPS) is 9.80. The number of aromatic carboxylic acids is 1. The molecule has 6 heteroatoms. The summed E-state index contributed by atoms with van der Waals surface area (Å²) in [5, 5.41) is 8.38. The number of hydrogen-bond acceptors (Lipinski definition) is 2. The van der Waals surface area contributed by atoms with Crippen LogP contribution in [-0.2, 0) is 4.79 Å². The molecule has 1 aromatic carbocycles. The summed E-state index contributed by atoms with van der Waals surface area (Å²) in [6.07, 6.45) is 0.234. The maximum atomic E-state index is 10.2. The van der Waals surface area contributed by atoms with Crippen molar-refractivity contribution in [2.45, 2.75) is 3.79 Å². The number of carbonyl (C=O) groups is 2. The molecule has 0 unspecified atom stereocenters. The highest BCUT2D eigenvalue weighted by molar-refractivity contribution is 6.74. The summed E-state index contributed by atoms with van der Waals surface area (Å²) >= 11 is 14.6. The molecule has 0 saturated heterocycles. The van der Waals surface area contributed by atoms with Gasteiger partial charge in [-0.3, -0.25) is 4.79 Å². The van der Waals surface area contributed by atoms with Crippen LogP contribution < -0.4 is 0 Å². The molecule has 0 fully saturated rings. The van der Waals surface area contributed by atoms with Crippen molar-refractivity contribution < 1.29 is 14.7 Å². The van der Waals surface area contributed by atoms with Crippen molar-refractivity contribution in [3.8, 4) is 0 Å². The van der Waals surface area contributed by atoms with Crippen molar-refractivity contribution in [3.05, 3.63) is 35.9 Å². The van der Waals surface area contributed by atoms with Crippen LogP contribution in [0.2, 0.25) is 0 Å². The predicted molar refractivity (Wildman–Crippen MR) is 59.8 cm³/mol. The van der Waals surface area contributed by atoms with Crippen LogP contribution in [0.25, 0.3) is 0 Å². The van der Waals surface area contributed by atoms with E-state index >= 15 is 0 Å². The van der Waals surface area contributed by atoms with Gasteiger partial charge in [-0.1, -0.05) is 53.0 Å². The van der Waals surface area contributed by atoms with Crippen LogP contribution in [0.5, 0.6) is 0 Å². The van der Waals surface area contributed by atoms with E-state index in [4.69, 9.17) is 39.9 Å². The molecule has 0 atom stereocenters. The molecule has 1 rings (SSSR count). The molecule has 0 bridgehead atoms. The lowest BCUT2D eigenvalue weighted by Crippen LogP contribution is -2.00. The van der Waals surface area contributed by atoms with Crippen LogP contribution in [0, 0.1) is 0 Å². The Balaban J connectivity index is 0.000000288. The molecule has 1 aromatic rings. The number of benzene rings is 1. The average molecular weight is 270 g/mol. The van der Waals surface area contributed by atoms with Crippen molar-refractivity contribution >= 4 is 47.1 Å². The third kappa shape index (κ3) is 8.24. The molecule has 0 heterocycles. The van der Waals surface area contributed by atoms with E-state index in [1.54, 1.807) is 30.3 Å². The van der Waals surface area contributed by atoms with Gasteiger partial charge >= 0.3 is 5.97 Å². The number of aldehydes is 1. The monoisotopic (exact) mass is 268 g/mol. The highest BCUT2D eigenvalue weighted by Gasteiger charge is 2.16. The molecular weight excluding hydrogens is 262 g/mol. The van der Waals surface area contributed by atoms with Crippen molar-refractivity contribution in [3.63, 3.8) is 0 Å². The summed E-state index contributed by atoms with van der Waals surface area (Å²) in [6.45, 7) is 0. The minimum absolute atomic E-state index is 0.234. The van der Waals surface area contributed by atoms with E-state index in [0.29, 0.717) is 5.56 Å². The summed E-state index contributed by atoms with van der Waals surface area (Å²) in [4.78, 5) is 19.6. The Hall–Kier alpha value is -0.770. The van der Waals surface area contributed by atoms with Crippen molar-refractivity contribution in [1.29, 1.82) is 0 Å². The van der Waals surface area contributed by atoms with Gasteiger partial charge in [-0.05, 0) is 12.1 Å². The minimum atomic E-state index is -1.72. The van der Waals surface area contributed by atoms with Gasteiger partial charge in [0.25, 0.3) is 0 Å². The molecule has 0 aliphatic rings. The SMILES string of the molecule is O=C(O)c1ccccc1.O=CC(Cl)(Cl)Cl. The van der Waals surface area contributed by atoms with Crippen LogP contribution in [0.4, 0.5) is 0 Å². The van der Waals surface area contributed by atoms with Crippen LogP contribution in [0.1, 0.15) is 10.4 Å². The fourth-order valence-corrected chi connectivity index (χ4v) is 0.581. The quantitative estimate of drug-likeness (QED) is 0.630. The molecule has 0 spiro atoms. The van der Waals surface area contributed by atoms with E-state index in [9.17, 15) is 9.59 Å². The lowest BCUT2D eigenvalue weighted by Gasteiger charge is -1.93. The number of halogens is 3. The molecule has 3 nitrogen and oxygen atoms in total. The summed E-state index contributed by atoms with van der Waals surface area (Å²) < 4.78 is -1.72. The number of hydrogen-bond donors (Lipinski definition) is 1.